The molecule has 0 bridgehead atoms. The minimum atomic E-state index is 0.472. The lowest BCUT2D eigenvalue weighted by atomic mass is 10.2. The van der Waals surface area contributed by atoms with E-state index in [1.54, 1.807) is 0 Å². The Bertz CT molecular complexity index is 546. The standard InChI is InChI=1S/C12H14ClN3S/c13-8-3-4-11-10(6-8)15-12(14)16(11)9-2-1-5-17-7-9/h3-4,6,9H,1-2,5,7H2,(H2,14,15). The van der Waals surface area contributed by atoms with Crippen LogP contribution in [0.4, 0.5) is 5.95 Å². The first kappa shape index (κ1) is 11.2. The lowest BCUT2D eigenvalue weighted by molar-refractivity contribution is 0.517. The average Bonchev–Trinajstić information content (AvgIpc) is 2.65. The van der Waals surface area contributed by atoms with Gasteiger partial charge < -0.3 is 10.3 Å². The topological polar surface area (TPSA) is 43.8 Å². The third-order valence-corrected chi connectivity index (χ3v) is 4.61. The molecule has 1 aromatic carbocycles. The van der Waals surface area contributed by atoms with E-state index in [0.717, 1.165) is 16.8 Å². The number of nitrogen functional groups attached to an aromatic ring is 1. The number of nitrogens with zero attached hydrogens (tertiary/aromatic N) is 2. The van der Waals surface area contributed by atoms with Crippen molar-refractivity contribution in [3.8, 4) is 0 Å². The van der Waals surface area contributed by atoms with Crippen molar-refractivity contribution in [3.05, 3.63) is 23.2 Å². The number of imidazole rings is 1. The quantitative estimate of drug-likeness (QED) is 0.862. The molecule has 2 heterocycles. The van der Waals surface area contributed by atoms with Crippen molar-refractivity contribution in [3.63, 3.8) is 0 Å². The molecule has 3 nitrogen and oxygen atoms in total. The molecule has 0 spiro atoms. The number of benzene rings is 1. The number of hydrogen-bond donors (Lipinski definition) is 1. The highest BCUT2D eigenvalue weighted by atomic mass is 35.5. The van der Waals surface area contributed by atoms with Gasteiger partial charge in [0.1, 0.15) is 0 Å². The lowest BCUT2D eigenvalue weighted by Gasteiger charge is -2.24. The van der Waals surface area contributed by atoms with Crippen LogP contribution in [0, 0.1) is 0 Å². The summed E-state index contributed by atoms with van der Waals surface area (Å²) in [6, 6.07) is 6.26. The zero-order valence-electron chi connectivity index (χ0n) is 9.40. The van der Waals surface area contributed by atoms with Gasteiger partial charge in [-0.2, -0.15) is 11.8 Å². The number of fused-ring (bicyclic) bond motifs is 1. The van der Waals surface area contributed by atoms with Gasteiger partial charge in [0, 0.05) is 16.8 Å². The van der Waals surface area contributed by atoms with Crippen LogP contribution in [-0.4, -0.2) is 21.1 Å². The highest BCUT2D eigenvalue weighted by Crippen LogP contribution is 2.32. The highest BCUT2D eigenvalue weighted by molar-refractivity contribution is 7.99. The number of rotatable bonds is 1. The largest absolute Gasteiger partial charge is 0.369 e. The molecule has 1 saturated heterocycles. The second kappa shape index (κ2) is 4.42. The monoisotopic (exact) mass is 267 g/mol. The molecule has 0 saturated carbocycles. The van der Waals surface area contributed by atoms with Gasteiger partial charge in [-0.3, -0.25) is 0 Å². The summed E-state index contributed by atoms with van der Waals surface area (Å²) in [6.07, 6.45) is 2.44. The van der Waals surface area contributed by atoms with Crippen molar-refractivity contribution in [2.45, 2.75) is 18.9 Å². The van der Waals surface area contributed by atoms with E-state index >= 15 is 0 Å². The molecule has 2 N–H and O–H groups in total. The fraction of sp³-hybridized carbons (Fsp3) is 0.417. The zero-order valence-corrected chi connectivity index (χ0v) is 11.0. The summed E-state index contributed by atoms with van der Waals surface area (Å²) >= 11 is 7.96. The van der Waals surface area contributed by atoms with E-state index in [4.69, 9.17) is 17.3 Å². The predicted octanol–water partition coefficient (Wildman–Crippen LogP) is 3.34. The first-order valence-corrected chi connectivity index (χ1v) is 7.29. The average molecular weight is 268 g/mol. The summed E-state index contributed by atoms with van der Waals surface area (Å²) in [4.78, 5) is 4.40. The first-order chi connectivity index (χ1) is 8.25. The van der Waals surface area contributed by atoms with Crippen LogP contribution in [-0.2, 0) is 0 Å². The van der Waals surface area contributed by atoms with Crippen molar-refractivity contribution in [1.82, 2.24) is 9.55 Å². The Kier molecular flexibility index (Phi) is 2.92. The third kappa shape index (κ3) is 2.00. The Labute approximate surface area is 109 Å². The van der Waals surface area contributed by atoms with Gasteiger partial charge in [0.05, 0.1) is 11.0 Å². The molecule has 1 aromatic heterocycles. The maximum atomic E-state index is 6.03. The fourth-order valence-corrected chi connectivity index (χ4v) is 3.69. The van der Waals surface area contributed by atoms with Crippen LogP contribution in [0.5, 0.6) is 0 Å². The number of anilines is 1. The van der Waals surface area contributed by atoms with Crippen LogP contribution in [0.2, 0.25) is 5.02 Å². The maximum absolute atomic E-state index is 6.03. The molecule has 0 aliphatic carbocycles. The first-order valence-electron chi connectivity index (χ1n) is 5.76. The summed E-state index contributed by atoms with van der Waals surface area (Å²) < 4.78 is 2.16. The third-order valence-electron chi connectivity index (χ3n) is 3.18. The molecule has 0 radical (unpaired) electrons. The molecule has 0 amide bonds. The summed E-state index contributed by atoms with van der Waals surface area (Å²) in [7, 11) is 0. The molecule has 2 aromatic rings. The maximum Gasteiger partial charge on any atom is 0.201 e. The van der Waals surface area contributed by atoms with E-state index in [0.29, 0.717) is 17.0 Å². The van der Waals surface area contributed by atoms with Gasteiger partial charge in [0.25, 0.3) is 0 Å². The lowest BCUT2D eigenvalue weighted by Crippen LogP contribution is -2.17. The fourth-order valence-electron chi connectivity index (χ4n) is 2.40. The zero-order chi connectivity index (χ0) is 11.8. The number of aromatic nitrogens is 2. The number of hydrogen-bond acceptors (Lipinski definition) is 3. The van der Waals surface area contributed by atoms with E-state index in [1.165, 1.54) is 18.6 Å². The molecular formula is C12H14ClN3S. The second-order valence-corrected chi connectivity index (χ2v) is 5.93. The molecule has 1 aliphatic heterocycles. The molecular weight excluding hydrogens is 254 g/mol. The van der Waals surface area contributed by atoms with Crippen LogP contribution < -0.4 is 5.73 Å². The van der Waals surface area contributed by atoms with Crippen molar-refractivity contribution in [2.75, 3.05) is 17.2 Å². The predicted molar refractivity (Wildman–Crippen MR) is 74.8 cm³/mol. The highest BCUT2D eigenvalue weighted by Gasteiger charge is 2.20. The molecule has 1 unspecified atom stereocenters. The van der Waals surface area contributed by atoms with Crippen LogP contribution in [0.25, 0.3) is 11.0 Å². The van der Waals surface area contributed by atoms with Crippen molar-refractivity contribution in [1.29, 1.82) is 0 Å². The normalized spacial score (nSPS) is 20.9. The van der Waals surface area contributed by atoms with E-state index < -0.39 is 0 Å². The minimum absolute atomic E-state index is 0.472. The van der Waals surface area contributed by atoms with Crippen molar-refractivity contribution in [2.24, 2.45) is 0 Å². The van der Waals surface area contributed by atoms with Gasteiger partial charge in [-0.15, -0.1) is 0 Å². The Morgan fingerprint density at radius 3 is 3.12 bits per heavy atom. The van der Waals surface area contributed by atoms with Crippen molar-refractivity contribution < 1.29 is 0 Å². The number of nitrogens with two attached hydrogens (primary N) is 1. The summed E-state index contributed by atoms with van der Waals surface area (Å²) in [5, 5.41) is 0.708. The number of thioether (sulfide) groups is 1. The van der Waals surface area contributed by atoms with Gasteiger partial charge in [-0.05, 0) is 36.8 Å². The second-order valence-electron chi connectivity index (χ2n) is 4.34. The molecule has 1 fully saturated rings. The Hall–Kier alpha value is -0.870. The SMILES string of the molecule is Nc1nc2cc(Cl)ccc2n1C1CCCSC1. The van der Waals surface area contributed by atoms with Crippen LogP contribution in [0.1, 0.15) is 18.9 Å². The molecule has 3 rings (SSSR count). The molecule has 90 valence electrons. The molecule has 5 heteroatoms. The summed E-state index contributed by atoms with van der Waals surface area (Å²) in [5.74, 6) is 2.99. The van der Waals surface area contributed by atoms with Gasteiger partial charge in [0.15, 0.2) is 0 Å². The Morgan fingerprint density at radius 1 is 1.47 bits per heavy atom. The van der Waals surface area contributed by atoms with Gasteiger partial charge >= 0.3 is 0 Å². The molecule has 1 aliphatic rings. The van der Waals surface area contributed by atoms with Gasteiger partial charge in [-0.25, -0.2) is 4.98 Å². The van der Waals surface area contributed by atoms with Gasteiger partial charge in [0.2, 0.25) is 5.95 Å². The Morgan fingerprint density at radius 2 is 2.35 bits per heavy atom. The van der Waals surface area contributed by atoms with Crippen molar-refractivity contribution >= 4 is 40.3 Å². The van der Waals surface area contributed by atoms with E-state index in [1.807, 2.05) is 30.0 Å². The van der Waals surface area contributed by atoms with Crippen LogP contribution in [0.15, 0.2) is 18.2 Å². The Balaban J connectivity index is 2.11. The number of halogens is 1. The summed E-state index contributed by atoms with van der Waals surface area (Å²) in [6.45, 7) is 0. The van der Waals surface area contributed by atoms with Crippen LogP contribution >= 0.6 is 23.4 Å². The van der Waals surface area contributed by atoms with Crippen LogP contribution in [0.3, 0.4) is 0 Å². The smallest absolute Gasteiger partial charge is 0.201 e. The van der Waals surface area contributed by atoms with E-state index in [-0.39, 0.29) is 0 Å². The van der Waals surface area contributed by atoms with E-state index in [9.17, 15) is 0 Å². The summed E-state index contributed by atoms with van der Waals surface area (Å²) in [5.41, 5.74) is 8.02. The van der Waals surface area contributed by atoms with Gasteiger partial charge in [-0.1, -0.05) is 11.6 Å². The van der Waals surface area contributed by atoms with E-state index in [2.05, 4.69) is 9.55 Å². The molecule has 1 atom stereocenters. The molecule has 17 heavy (non-hydrogen) atoms. The minimum Gasteiger partial charge on any atom is -0.369 e.